The van der Waals surface area contributed by atoms with E-state index in [2.05, 4.69) is 10.6 Å². The number of benzene rings is 1. The van der Waals surface area contributed by atoms with E-state index in [1.807, 2.05) is 0 Å². The maximum Gasteiger partial charge on any atom is 0.251 e. The van der Waals surface area contributed by atoms with Crippen molar-refractivity contribution in [3.05, 3.63) is 34.6 Å². The number of amides is 2. The Balaban J connectivity index is 1.99. The molecular formula is C12H12ClFN2O2. The molecule has 18 heavy (non-hydrogen) atoms. The summed E-state index contributed by atoms with van der Waals surface area (Å²) < 4.78 is 13.0. The van der Waals surface area contributed by atoms with Crippen LogP contribution in [0.1, 0.15) is 23.2 Å². The van der Waals surface area contributed by atoms with Crippen LogP contribution in [0.3, 0.4) is 0 Å². The highest BCUT2D eigenvalue weighted by atomic mass is 35.5. The summed E-state index contributed by atoms with van der Waals surface area (Å²) in [6.45, 7) is 0.416. The Hall–Kier alpha value is -1.62. The average Bonchev–Trinajstić information content (AvgIpc) is 2.35. The fourth-order valence-electron chi connectivity index (χ4n) is 1.76. The van der Waals surface area contributed by atoms with E-state index in [1.54, 1.807) is 0 Å². The van der Waals surface area contributed by atoms with Crippen LogP contribution in [0.25, 0.3) is 0 Å². The fourth-order valence-corrected chi connectivity index (χ4v) is 1.94. The van der Waals surface area contributed by atoms with Crippen molar-refractivity contribution in [2.24, 2.45) is 0 Å². The molecule has 2 amide bonds. The summed E-state index contributed by atoms with van der Waals surface area (Å²) in [7, 11) is 0. The summed E-state index contributed by atoms with van der Waals surface area (Å²) in [4.78, 5) is 22.8. The molecule has 1 aliphatic rings. The molecule has 1 unspecified atom stereocenters. The van der Waals surface area contributed by atoms with Crippen molar-refractivity contribution in [3.63, 3.8) is 0 Å². The maximum atomic E-state index is 13.0. The number of piperidine rings is 1. The minimum absolute atomic E-state index is 0.00896. The number of carbonyl (C=O) groups excluding carboxylic acids is 2. The molecule has 0 aromatic heterocycles. The van der Waals surface area contributed by atoms with Gasteiger partial charge in [-0.2, -0.15) is 0 Å². The normalized spacial score (nSPS) is 19.2. The van der Waals surface area contributed by atoms with Gasteiger partial charge in [-0.05, 0) is 24.6 Å². The van der Waals surface area contributed by atoms with E-state index in [1.165, 1.54) is 12.1 Å². The third-order valence-corrected chi connectivity index (χ3v) is 3.07. The molecule has 0 radical (unpaired) electrons. The van der Waals surface area contributed by atoms with E-state index in [9.17, 15) is 14.0 Å². The molecule has 2 N–H and O–H groups in total. The van der Waals surface area contributed by atoms with Crippen molar-refractivity contribution >= 4 is 23.4 Å². The van der Waals surface area contributed by atoms with Crippen molar-refractivity contribution in [3.8, 4) is 0 Å². The number of carbonyl (C=O) groups is 2. The van der Waals surface area contributed by atoms with Gasteiger partial charge >= 0.3 is 0 Å². The first-order valence-electron chi connectivity index (χ1n) is 5.59. The average molecular weight is 271 g/mol. The number of halogens is 2. The zero-order chi connectivity index (χ0) is 13.1. The molecule has 1 heterocycles. The Morgan fingerprint density at radius 3 is 2.89 bits per heavy atom. The van der Waals surface area contributed by atoms with Crippen molar-refractivity contribution in [2.75, 3.05) is 6.54 Å². The second-order valence-electron chi connectivity index (χ2n) is 4.14. The van der Waals surface area contributed by atoms with Crippen LogP contribution in [0, 0.1) is 5.82 Å². The lowest BCUT2D eigenvalue weighted by Crippen LogP contribution is -2.47. The summed E-state index contributed by atoms with van der Waals surface area (Å²) in [6.07, 6.45) is 1.00. The highest BCUT2D eigenvalue weighted by molar-refractivity contribution is 6.31. The molecule has 1 aromatic carbocycles. The highest BCUT2D eigenvalue weighted by Gasteiger charge is 2.20. The van der Waals surface area contributed by atoms with Crippen LogP contribution in [-0.4, -0.2) is 24.4 Å². The van der Waals surface area contributed by atoms with Crippen LogP contribution in [-0.2, 0) is 4.79 Å². The molecule has 96 valence electrons. The Morgan fingerprint density at radius 1 is 1.50 bits per heavy atom. The van der Waals surface area contributed by atoms with Crippen molar-refractivity contribution < 1.29 is 14.0 Å². The van der Waals surface area contributed by atoms with E-state index in [-0.39, 0.29) is 22.9 Å². The smallest absolute Gasteiger partial charge is 0.251 e. The SMILES string of the molecule is O=C1CCC(NC(=O)c2ccc(F)c(Cl)c2)CN1. The van der Waals surface area contributed by atoms with Crippen LogP contribution >= 0.6 is 11.6 Å². The van der Waals surface area contributed by atoms with Crippen LogP contribution in [0.5, 0.6) is 0 Å². The first-order chi connectivity index (χ1) is 8.56. The lowest BCUT2D eigenvalue weighted by molar-refractivity contribution is -0.122. The Labute approximate surface area is 109 Å². The number of rotatable bonds is 2. The molecule has 1 atom stereocenters. The van der Waals surface area contributed by atoms with Crippen LogP contribution < -0.4 is 10.6 Å². The van der Waals surface area contributed by atoms with E-state index < -0.39 is 5.82 Å². The minimum Gasteiger partial charge on any atom is -0.354 e. The number of nitrogens with one attached hydrogen (secondary N) is 2. The van der Waals surface area contributed by atoms with E-state index in [0.29, 0.717) is 24.9 Å². The largest absolute Gasteiger partial charge is 0.354 e. The van der Waals surface area contributed by atoms with Crippen molar-refractivity contribution in [1.29, 1.82) is 0 Å². The Bertz CT molecular complexity index is 483. The quantitative estimate of drug-likeness (QED) is 0.855. The predicted molar refractivity (Wildman–Crippen MR) is 64.9 cm³/mol. The second kappa shape index (κ2) is 5.35. The zero-order valence-corrected chi connectivity index (χ0v) is 10.3. The molecule has 6 heteroatoms. The van der Waals surface area contributed by atoms with E-state index in [0.717, 1.165) is 6.07 Å². The van der Waals surface area contributed by atoms with Gasteiger partial charge in [0.05, 0.1) is 5.02 Å². The standard InChI is InChI=1S/C12H12ClFN2O2/c13-9-5-7(1-3-10(9)14)12(18)16-8-2-4-11(17)15-6-8/h1,3,5,8H,2,4,6H2,(H,15,17)(H,16,18). The molecule has 1 aliphatic heterocycles. The van der Waals surface area contributed by atoms with Gasteiger partial charge in [0.1, 0.15) is 5.82 Å². The summed E-state index contributed by atoms with van der Waals surface area (Å²) in [5, 5.41) is 5.35. The first-order valence-corrected chi connectivity index (χ1v) is 5.96. The van der Waals surface area contributed by atoms with Crippen LogP contribution in [0.4, 0.5) is 4.39 Å². The molecule has 4 nitrogen and oxygen atoms in total. The topological polar surface area (TPSA) is 58.2 Å². The van der Waals surface area contributed by atoms with Crippen LogP contribution in [0.2, 0.25) is 5.02 Å². The number of hydrogen-bond donors (Lipinski definition) is 2. The first kappa shape index (κ1) is 12.8. The molecule has 0 aliphatic carbocycles. The molecule has 1 saturated heterocycles. The molecule has 2 rings (SSSR count). The van der Waals surface area contributed by atoms with Gasteiger partial charge in [0, 0.05) is 24.6 Å². The summed E-state index contributed by atoms with van der Waals surface area (Å²) in [5.74, 6) is -0.887. The maximum absolute atomic E-state index is 13.0. The Kier molecular flexibility index (Phi) is 3.81. The fraction of sp³-hybridized carbons (Fsp3) is 0.333. The third kappa shape index (κ3) is 2.98. The lowest BCUT2D eigenvalue weighted by atomic mass is 10.1. The van der Waals surface area contributed by atoms with Crippen molar-refractivity contribution in [2.45, 2.75) is 18.9 Å². The summed E-state index contributed by atoms with van der Waals surface area (Å²) in [5.41, 5.74) is 0.304. The van der Waals surface area contributed by atoms with Gasteiger partial charge in [-0.3, -0.25) is 9.59 Å². The molecule has 1 aromatic rings. The molecule has 0 bridgehead atoms. The summed E-state index contributed by atoms with van der Waals surface area (Å²) >= 11 is 5.61. The van der Waals surface area contributed by atoms with Gasteiger partial charge in [0.15, 0.2) is 0 Å². The highest BCUT2D eigenvalue weighted by Crippen LogP contribution is 2.16. The van der Waals surface area contributed by atoms with Gasteiger partial charge < -0.3 is 10.6 Å². The van der Waals surface area contributed by atoms with E-state index in [4.69, 9.17) is 11.6 Å². The Morgan fingerprint density at radius 2 is 2.28 bits per heavy atom. The lowest BCUT2D eigenvalue weighted by Gasteiger charge is -2.23. The molecule has 0 spiro atoms. The van der Waals surface area contributed by atoms with Crippen molar-refractivity contribution in [1.82, 2.24) is 10.6 Å². The van der Waals surface area contributed by atoms with Gasteiger partial charge in [0.25, 0.3) is 5.91 Å². The third-order valence-electron chi connectivity index (χ3n) is 2.78. The van der Waals surface area contributed by atoms with Gasteiger partial charge in [-0.15, -0.1) is 0 Å². The second-order valence-corrected chi connectivity index (χ2v) is 4.55. The molecule has 0 saturated carbocycles. The monoisotopic (exact) mass is 270 g/mol. The molecular weight excluding hydrogens is 259 g/mol. The van der Waals surface area contributed by atoms with Crippen LogP contribution in [0.15, 0.2) is 18.2 Å². The summed E-state index contributed by atoms with van der Waals surface area (Å²) in [6, 6.07) is 3.71. The van der Waals surface area contributed by atoms with Gasteiger partial charge in [-0.25, -0.2) is 4.39 Å². The van der Waals surface area contributed by atoms with Gasteiger partial charge in [0.2, 0.25) is 5.91 Å². The van der Waals surface area contributed by atoms with Gasteiger partial charge in [-0.1, -0.05) is 11.6 Å². The molecule has 1 fully saturated rings. The predicted octanol–water partition coefficient (Wildman–Crippen LogP) is 1.49. The minimum atomic E-state index is -0.557. The van der Waals surface area contributed by atoms with E-state index >= 15 is 0 Å². The number of hydrogen-bond acceptors (Lipinski definition) is 2. The zero-order valence-electron chi connectivity index (χ0n) is 9.50.